The first-order chi connectivity index (χ1) is 9.29. The molecule has 112 valence electrons. The maximum Gasteiger partial charge on any atom is 0.211 e. The number of aliphatic hydroxyl groups excluding tert-OH is 1. The third kappa shape index (κ3) is 3.52. The largest absolute Gasteiger partial charge is 0.389 e. The van der Waals surface area contributed by atoms with E-state index in [9.17, 15) is 13.5 Å². The summed E-state index contributed by atoms with van der Waals surface area (Å²) in [7, 11) is -3.09. The highest BCUT2D eigenvalue weighted by Gasteiger charge is 2.23. The Kier molecular flexibility index (Phi) is 4.73. The molecule has 1 aromatic carbocycles. The van der Waals surface area contributed by atoms with E-state index in [1.165, 1.54) is 10.6 Å². The molecule has 1 saturated heterocycles. The van der Waals surface area contributed by atoms with Crippen molar-refractivity contribution < 1.29 is 13.5 Å². The Labute approximate surface area is 128 Å². The second-order valence-corrected chi connectivity index (χ2v) is 7.87. The molecule has 0 saturated carbocycles. The van der Waals surface area contributed by atoms with Crippen LogP contribution in [0.2, 0.25) is 0 Å². The van der Waals surface area contributed by atoms with Crippen LogP contribution in [0.5, 0.6) is 0 Å². The van der Waals surface area contributed by atoms with Gasteiger partial charge in [-0.1, -0.05) is 22.0 Å². The second kappa shape index (κ2) is 6.01. The van der Waals surface area contributed by atoms with Crippen molar-refractivity contribution in [3.63, 3.8) is 0 Å². The topological polar surface area (TPSA) is 60.9 Å². The number of aliphatic hydroxyl groups is 1. The lowest BCUT2D eigenvalue weighted by atomic mass is 10.1. The van der Waals surface area contributed by atoms with Gasteiger partial charge in [-0.3, -0.25) is 0 Å². The van der Waals surface area contributed by atoms with E-state index in [4.69, 9.17) is 0 Å². The predicted molar refractivity (Wildman–Crippen MR) is 83.4 cm³/mol. The van der Waals surface area contributed by atoms with Crippen LogP contribution in [0, 0.1) is 0 Å². The second-order valence-electron chi connectivity index (χ2n) is 5.03. The van der Waals surface area contributed by atoms with E-state index < -0.39 is 16.1 Å². The summed E-state index contributed by atoms with van der Waals surface area (Å²) in [6.07, 6.45) is 0.733. The maximum atomic E-state index is 11.5. The number of halogens is 1. The van der Waals surface area contributed by atoms with Crippen molar-refractivity contribution in [3.05, 3.63) is 28.2 Å². The highest BCUT2D eigenvalue weighted by atomic mass is 79.9. The molecule has 0 aromatic heterocycles. The zero-order valence-corrected chi connectivity index (χ0v) is 14.0. The molecule has 1 aliphatic rings. The van der Waals surface area contributed by atoms with Gasteiger partial charge in [-0.25, -0.2) is 8.42 Å². The number of piperazine rings is 1. The smallest absolute Gasteiger partial charge is 0.211 e. The summed E-state index contributed by atoms with van der Waals surface area (Å²) in [5.41, 5.74) is 1.89. The molecule has 5 nitrogen and oxygen atoms in total. The fraction of sp³-hybridized carbons (Fsp3) is 0.538. The standard InChI is InChI=1S/C13H19BrN2O3S/c1-10(17)12-4-3-11(9-13(12)14)15-5-7-16(8-6-15)20(2,18)19/h3-4,9-10,17H,5-8H2,1-2H3/t10-/m1/s1. The molecule has 0 aliphatic carbocycles. The highest BCUT2D eigenvalue weighted by Crippen LogP contribution is 2.28. The summed E-state index contributed by atoms with van der Waals surface area (Å²) in [6.45, 7) is 4.09. The van der Waals surface area contributed by atoms with Gasteiger partial charge < -0.3 is 10.0 Å². The van der Waals surface area contributed by atoms with Crippen molar-refractivity contribution in [1.82, 2.24) is 4.31 Å². The first-order valence-corrected chi connectivity index (χ1v) is 9.11. The van der Waals surface area contributed by atoms with E-state index in [1.807, 2.05) is 18.2 Å². The molecule has 1 heterocycles. The monoisotopic (exact) mass is 362 g/mol. The van der Waals surface area contributed by atoms with Gasteiger partial charge in [0.25, 0.3) is 0 Å². The van der Waals surface area contributed by atoms with Gasteiger partial charge in [-0.2, -0.15) is 4.31 Å². The summed E-state index contributed by atoms with van der Waals surface area (Å²) in [5.74, 6) is 0. The van der Waals surface area contributed by atoms with Crippen LogP contribution in [-0.2, 0) is 10.0 Å². The van der Waals surface area contributed by atoms with E-state index >= 15 is 0 Å². The quantitative estimate of drug-likeness (QED) is 0.886. The van der Waals surface area contributed by atoms with Crippen LogP contribution in [0.4, 0.5) is 5.69 Å². The van der Waals surface area contributed by atoms with Crippen molar-refractivity contribution in [1.29, 1.82) is 0 Å². The number of hydrogen-bond donors (Lipinski definition) is 1. The summed E-state index contributed by atoms with van der Waals surface area (Å²) in [6, 6.07) is 5.83. The van der Waals surface area contributed by atoms with Crippen LogP contribution < -0.4 is 4.90 Å². The third-order valence-corrected chi connectivity index (χ3v) is 5.50. The predicted octanol–water partition coefficient (Wildman–Crippen LogP) is 1.58. The SMILES string of the molecule is C[C@@H](O)c1ccc(N2CCN(S(C)(=O)=O)CC2)cc1Br. The minimum Gasteiger partial charge on any atom is -0.389 e. The van der Waals surface area contributed by atoms with Crippen molar-refractivity contribution in [2.24, 2.45) is 0 Å². The summed E-state index contributed by atoms with van der Waals surface area (Å²) < 4.78 is 25.3. The molecule has 1 atom stereocenters. The van der Waals surface area contributed by atoms with Gasteiger partial charge in [0.05, 0.1) is 12.4 Å². The number of anilines is 1. The van der Waals surface area contributed by atoms with Crippen molar-refractivity contribution >= 4 is 31.6 Å². The minimum atomic E-state index is -3.09. The number of sulfonamides is 1. The van der Waals surface area contributed by atoms with Crippen LogP contribution in [-0.4, -0.2) is 50.3 Å². The van der Waals surface area contributed by atoms with Crippen molar-refractivity contribution in [2.45, 2.75) is 13.0 Å². The minimum absolute atomic E-state index is 0.509. The number of nitrogens with zero attached hydrogens (tertiary/aromatic N) is 2. The Morgan fingerprint density at radius 3 is 2.30 bits per heavy atom. The van der Waals surface area contributed by atoms with E-state index in [2.05, 4.69) is 20.8 Å². The van der Waals surface area contributed by atoms with Crippen LogP contribution in [0.15, 0.2) is 22.7 Å². The Morgan fingerprint density at radius 1 is 1.25 bits per heavy atom. The molecule has 0 spiro atoms. The van der Waals surface area contributed by atoms with Gasteiger partial charge >= 0.3 is 0 Å². The summed E-state index contributed by atoms with van der Waals surface area (Å²) in [4.78, 5) is 2.15. The molecular formula is C13H19BrN2O3S. The molecule has 0 bridgehead atoms. The van der Waals surface area contributed by atoms with Crippen LogP contribution in [0.3, 0.4) is 0 Å². The van der Waals surface area contributed by atoms with Gasteiger partial charge in [-0.15, -0.1) is 0 Å². The van der Waals surface area contributed by atoms with E-state index in [0.29, 0.717) is 26.2 Å². The average molecular weight is 363 g/mol. The summed E-state index contributed by atoms with van der Waals surface area (Å²) >= 11 is 3.46. The van der Waals surface area contributed by atoms with Crippen molar-refractivity contribution in [3.8, 4) is 0 Å². The molecular weight excluding hydrogens is 344 g/mol. The molecule has 2 rings (SSSR count). The normalized spacial score (nSPS) is 19.1. The van der Waals surface area contributed by atoms with Gasteiger partial charge in [-0.05, 0) is 24.6 Å². The Morgan fingerprint density at radius 2 is 1.85 bits per heavy atom. The Hall–Kier alpha value is -0.630. The zero-order valence-electron chi connectivity index (χ0n) is 11.6. The maximum absolute atomic E-state index is 11.5. The molecule has 1 fully saturated rings. The molecule has 0 amide bonds. The van der Waals surface area contributed by atoms with E-state index in [0.717, 1.165) is 15.7 Å². The van der Waals surface area contributed by atoms with E-state index in [1.54, 1.807) is 6.92 Å². The molecule has 20 heavy (non-hydrogen) atoms. The van der Waals surface area contributed by atoms with Crippen molar-refractivity contribution in [2.75, 3.05) is 37.3 Å². The molecule has 0 unspecified atom stereocenters. The first-order valence-electron chi connectivity index (χ1n) is 6.46. The lowest BCUT2D eigenvalue weighted by Crippen LogP contribution is -2.48. The van der Waals surface area contributed by atoms with Gasteiger partial charge in [0.2, 0.25) is 10.0 Å². The average Bonchev–Trinajstić information content (AvgIpc) is 2.37. The number of rotatable bonds is 3. The fourth-order valence-electron chi connectivity index (χ4n) is 2.33. The number of hydrogen-bond acceptors (Lipinski definition) is 4. The van der Waals surface area contributed by atoms with Crippen LogP contribution in [0.25, 0.3) is 0 Å². The molecule has 1 aliphatic heterocycles. The van der Waals surface area contributed by atoms with Gasteiger partial charge in [0.15, 0.2) is 0 Å². The number of benzene rings is 1. The summed E-state index contributed by atoms with van der Waals surface area (Å²) in [5, 5.41) is 9.61. The molecule has 1 N–H and O–H groups in total. The molecule has 1 aromatic rings. The Bertz CT molecular complexity index is 581. The van der Waals surface area contributed by atoms with Crippen LogP contribution >= 0.6 is 15.9 Å². The fourth-order valence-corrected chi connectivity index (χ4v) is 3.85. The lowest BCUT2D eigenvalue weighted by Gasteiger charge is -2.35. The van der Waals surface area contributed by atoms with Crippen LogP contribution in [0.1, 0.15) is 18.6 Å². The van der Waals surface area contributed by atoms with Gasteiger partial charge in [0, 0.05) is 36.3 Å². The molecule has 0 radical (unpaired) electrons. The molecule has 7 heteroatoms. The Balaban J connectivity index is 2.10. The third-order valence-electron chi connectivity index (χ3n) is 3.51. The first kappa shape index (κ1) is 15.8. The highest BCUT2D eigenvalue weighted by molar-refractivity contribution is 9.10. The van der Waals surface area contributed by atoms with E-state index in [-0.39, 0.29) is 0 Å². The van der Waals surface area contributed by atoms with Gasteiger partial charge in [0.1, 0.15) is 0 Å². The zero-order chi connectivity index (χ0) is 14.9. The lowest BCUT2D eigenvalue weighted by molar-refractivity contribution is 0.198.